The fourth-order valence-electron chi connectivity index (χ4n) is 3.55. The van der Waals surface area contributed by atoms with Gasteiger partial charge in [0.15, 0.2) is 0 Å². The first kappa shape index (κ1) is 20.3. The third-order valence-corrected chi connectivity index (χ3v) is 5.69. The van der Waals surface area contributed by atoms with Crippen molar-refractivity contribution in [2.75, 3.05) is 31.1 Å². The second-order valence-corrected chi connectivity index (χ2v) is 7.70. The molecule has 0 N–H and O–H groups in total. The highest BCUT2D eigenvalue weighted by Gasteiger charge is 2.26. The Hall–Kier alpha value is -3.00. The summed E-state index contributed by atoms with van der Waals surface area (Å²) in [5, 5.41) is 0.129. The molecule has 0 atom stereocenters. The fourth-order valence-corrected chi connectivity index (χ4v) is 3.79. The van der Waals surface area contributed by atoms with Crippen LogP contribution >= 0.6 is 11.6 Å². The summed E-state index contributed by atoms with van der Waals surface area (Å²) in [6.07, 6.45) is 1.75. The zero-order valence-electron chi connectivity index (χ0n) is 17.1. The van der Waals surface area contributed by atoms with E-state index >= 15 is 0 Å². The van der Waals surface area contributed by atoms with Crippen molar-refractivity contribution in [3.8, 4) is 5.82 Å². The van der Waals surface area contributed by atoms with Crippen molar-refractivity contribution in [2.45, 2.75) is 20.8 Å². The SMILES string of the molecule is Cc1nc(N2CCN(C(=O)c3c(F)cccc3Cl)CC2)cc(-n2cnc(C)c2C)n1. The van der Waals surface area contributed by atoms with E-state index in [2.05, 4.69) is 19.9 Å². The third-order valence-electron chi connectivity index (χ3n) is 5.38. The largest absolute Gasteiger partial charge is 0.353 e. The van der Waals surface area contributed by atoms with Gasteiger partial charge in [0.05, 0.1) is 16.3 Å². The molecule has 3 aromatic rings. The molecule has 156 valence electrons. The lowest BCUT2D eigenvalue weighted by Crippen LogP contribution is -2.49. The minimum Gasteiger partial charge on any atom is -0.353 e. The molecular weight excluding hydrogens is 407 g/mol. The van der Waals surface area contributed by atoms with Crippen LogP contribution in [0.3, 0.4) is 0 Å². The van der Waals surface area contributed by atoms with Crippen molar-refractivity contribution in [1.29, 1.82) is 0 Å². The van der Waals surface area contributed by atoms with Crippen LogP contribution in [0.25, 0.3) is 5.82 Å². The molecule has 30 heavy (non-hydrogen) atoms. The smallest absolute Gasteiger partial charge is 0.258 e. The maximum atomic E-state index is 14.1. The lowest BCUT2D eigenvalue weighted by molar-refractivity contribution is 0.0742. The Morgan fingerprint density at radius 1 is 1.07 bits per heavy atom. The highest BCUT2D eigenvalue weighted by molar-refractivity contribution is 6.33. The average molecular weight is 429 g/mol. The molecule has 2 aromatic heterocycles. The van der Waals surface area contributed by atoms with E-state index in [1.165, 1.54) is 18.2 Å². The van der Waals surface area contributed by atoms with Gasteiger partial charge in [0, 0.05) is 37.9 Å². The third kappa shape index (κ3) is 3.75. The van der Waals surface area contributed by atoms with E-state index in [0.29, 0.717) is 32.0 Å². The summed E-state index contributed by atoms with van der Waals surface area (Å²) >= 11 is 6.05. The van der Waals surface area contributed by atoms with Crippen LogP contribution in [0, 0.1) is 26.6 Å². The van der Waals surface area contributed by atoms with Gasteiger partial charge in [-0.15, -0.1) is 0 Å². The van der Waals surface area contributed by atoms with E-state index in [-0.39, 0.29) is 16.5 Å². The first-order chi connectivity index (χ1) is 14.3. The molecule has 3 heterocycles. The van der Waals surface area contributed by atoms with E-state index in [1.807, 2.05) is 31.4 Å². The summed E-state index contributed by atoms with van der Waals surface area (Å²) in [5.74, 6) is 1.22. The van der Waals surface area contributed by atoms with Crippen LogP contribution in [0.15, 0.2) is 30.6 Å². The summed E-state index contributed by atoms with van der Waals surface area (Å²) in [6.45, 7) is 7.87. The van der Waals surface area contributed by atoms with Crippen LogP contribution < -0.4 is 4.90 Å². The number of imidazole rings is 1. The van der Waals surface area contributed by atoms with Gasteiger partial charge in [-0.2, -0.15) is 0 Å². The monoisotopic (exact) mass is 428 g/mol. The predicted octanol–water partition coefficient (Wildman–Crippen LogP) is 3.34. The highest BCUT2D eigenvalue weighted by Crippen LogP contribution is 2.23. The molecule has 1 fully saturated rings. The van der Waals surface area contributed by atoms with Crippen LogP contribution in [0.2, 0.25) is 5.02 Å². The number of nitrogens with zero attached hydrogens (tertiary/aromatic N) is 6. The average Bonchev–Trinajstić information content (AvgIpc) is 3.06. The molecule has 0 saturated carbocycles. The first-order valence-electron chi connectivity index (χ1n) is 9.70. The molecule has 0 spiro atoms. The summed E-state index contributed by atoms with van der Waals surface area (Å²) in [6, 6.07) is 6.19. The van der Waals surface area contributed by atoms with Crippen molar-refractivity contribution >= 4 is 23.3 Å². The predicted molar refractivity (Wildman–Crippen MR) is 113 cm³/mol. The summed E-state index contributed by atoms with van der Waals surface area (Å²) in [5.41, 5.74) is 1.90. The molecule has 0 radical (unpaired) electrons. The number of rotatable bonds is 3. The normalized spacial score (nSPS) is 14.3. The molecule has 7 nitrogen and oxygen atoms in total. The van der Waals surface area contributed by atoms with Gasteiger partial charge in [0.25, 0.3) is 5.91 Å². The second kappa shape index (κ2) is 8.02. The van der Waals surface area contributed by atoms with Gasteiger partial charge in [-0.25, -0.2) is 19.3 Å². The van der Waals surface area contributed by atoms with Crippen molar-refractivity contribution in [2.24, 2.45) is 0 Å². The molecule has 0 bridgehead atoms. The number of carbonyl (C=O) groups is 1. The van der Waals surface area contributed by atoms with Crippen LogP contribution in [0.5, 0.6) is 0 Å². The number of aromatic nitrogens is 4. The highest BCUT2D eigenvalue weighted by atomic mass is 35.5. The molecule has 1 amide bonds. The molecule has 9 heteroatoms. The molecule has 0 aliphatic carbocycles. The van der Waals surface area contributed by atoms with Gasteiger partial charge >= 0.3 is 0 Å². The zero-order valence-corrected chi connectivity index (χ0v) is 17.8. The number of benzene rings is 1. The Morgan fingerprint density at radius 3 is 2.40 bits per heavy atom. The van der Waals surface area contributed by atoms with Crippen molar-refractivity contribution < 1.29 is 9.18 Å². The number of hydrogen-bond donors (Lipinski definition) is 0. The Kier molecular flexibility index (Phi) is 5.42. The lowest BCUT2D eigenvalue weighted by atomic mass is 10.1. The standard InChI is InChI=1S/C21H22ClFN6O/c1-13-14(2)29(12-24-13)19-11-18(25-15(3)26-19)27-7-9-28(10-8-27)21(30)20-16(22)5-4-6-17(20)23/h4-6,11-12H,7-10H2,1-3H3. The van der Waals surface area contributed by atoms with Gasteiger partial charge < -0.3 is 9.80 Å². The molecule has 1 saturated heterocycles. The minimum atomic E-state index is -0.600. The van der Waals surface area contributed by atoms with Gasteiger partial charge in [-0.05, 0) is 32.9 Å². The first-order valence-corrected chi connectivity index (χ1v) is 10.1. The lowest BCUT2D eigenvalue weighted by Gasteiger charge is -2.35. The van der Waals surface area contributed by atoms with E-state index in [1.54, 1.807) is 11.2 Å². The van der Waals surface area contributed by atoms with Crippen LogP contribution in [-0.4, -0.2) is 56.5 Å². The van der Waals surface area contributed by atoms with E-state index < -0.39 is 5.82 Å². The quantitative estimate of drug-likeness (QED) is 0.640. The maximum absolute atomic E-state index is 14.1. The molecule has 1 aliphatic rings. The topological polar surface area (TPSA) is 67.2 Å². The summed E-state index contributed by atoms with van der Waals surface area (Å²) in [7, 11) is 0. The van der Waals surface area contributed by atoms with Gasteiger partial charge in [-0.1, -0.05) is 17.7 Å². The van der Waals surface area contributed by atoms with E-state index in [9.17, 15) is 9.18 Å². The van der Waals surface area contributed by atoms with Crippen LogP contribution in [0.4, 0.5) is 10.2 Å². The molecular formula is C21H22ClFN6O. The Labute approximate surface area is 179 Å². The van der Waals surface area contributed by atoms with Crippen molar-refractivity contribution in [3.05, 3.63) is 64.2 Å². The minimum absolute atomic E-state index is 0.0706. The summed E-state index contributed by atoms with van der Waals surface area (Å²) < 4.78 is 16.1. The Balaban J connectivity index is 1.52. The number of anilines is 1. The second-order valence-electron chi connectivity index (χ2n) is 7.29. The van der Waals surface area contributed by atoms with Gasteiger partial charge in [0.1, 0.15) is 29.6 Å². The number of hydrogen-bond acceptors (Lipinski definition) is 5. The molecule has 4 rings (SSSR count). The molecule has 1 aromatic carbocycles. The number of piperazine rings is 1. The van der Waals surface area contributed by atoms with E-state index in [4.69, 9.17) is 11.6 Å². The maximum Gasteiger partial charge on any atom is 0.258 e. The number of amides is 1. The van der Waals surface area contributed by atoms with Crippen LogP contribution in [-0.2, 0) is 0 Å². The number of carbonyl (C=O) groups excluding carboxylic acids is 1. The number of aryl methyl sites for hydroxylation is 2. The van der Waals surface area contributed by atoms with Crippen molar-refractivity contribution in [3.63, 3.8) is 0 Å². The van der Waals surface area contributed by atoms with Gasteiger partial charge in [-0.3, -0.25) is 9.36 Å². The fraction of sp³-hybridized carbons (Fsp3) is 0.333. The van der Waals surface area contributed by atoms with Crippen molar-refractivity contribution in [1.82, 2.24) is 24.4 Å². The van der Waals surface area contributed by atoms with E-state index in [0.717, 1.165) is 23.0 Å². The Morgan fingerprint density at radius 2 is 1.77 bits per heavy atom. The Bertz CT molecular complexity index is 1090. The zero-order chi connectivity index (χ0) is 21.4. The van der Waals surface area contributed by atoms with Crippen LogP contribution in [0.1, 0.15) is 27.6 Å². The molecule has 0 unspecified atom stereocenters. The van der Waals surface area contributed by atoms with Gasteiger partial charge in [0.2, 0.25) is 0 Å². The summed E-state index contributed by atoms with van der Waals surface area (Å²) in [4.78, 5) is 29.9. The number of halogens is 2. The molecule has 1 aliphatic heterocycles.